The average molecular weight is 500 g/mol. The van der Waals surface area contributed by atoms with E-state index in [-0.39, 0.29) is 12.2 Å². The molecular formula is C28H25N3O4S. The second kappa shape index (κ2) is 9.83. The molecule has 36 heavy (non-hydrogen) atoms. The fourth-order valence-electron chi connectivity index (χ4n) is 4.36. The Kier molecular flexibility index (Phi) is 6.43. The molecule has 1 N–H and O–H groups in total. The molecule has 1 aliphatic rings. The first-order chi connectivity index (χ1) is 17.5. The number of nitrogens with zero attached hydrogens (tertiary/aromatic N) is 2. The number of hydrogen-bond acceptors (Lipinski definition) is 6. The number of aromatic amines is 1. The van der Waals surface area contributed by atoms with E-state index in [4.69, 9.17) is 9.47 Å². The number of rotatable bonds is 7. The van der Waals surface area contributed by atoms with Crippen LogP contribution in [0, 0.1) is 0 Å². The summed E-state index contributed by atoms with van der Waals surface area (Å²) in [5.41, 5.74) is 3.34. The van der Waals surface area contributed by atoms with Crippen LogP contribution in [0.1, 0.15) is 31.0 Å². The molecular weight excluding hydrogens is 474 g/mol. The maximum Gasteiger partial charge on any atom is 0.338 e. The monoisotopic (exact) mass is 499 g/mol. The summed E-state index contributed by atoms with van der Waals surface area (Å²) in [5, 5.41) is 1.03. The molecule has 5 rings (SSSR count). The van der Waals surface area contributed by atoms with Crippen LogP contribution in [0.15, 0.2) is 88.4 Å². The lowest BCUT2D eigenvalue weighted by atomic mass is 9.96. The Morgan fingerprint density at radius 3 is 2.75 bits per heavy atom. The van der Waals surface area contributed by atoms with Crippen molar-refractivity contribution in [3.8, 4) is 5.75 Å². The van der Waals surface area contributed by atoms with Gasteiger partial charge in [0.1, 0.15) is 12.4 Å². The fraction of sp³-hybridized carbons (Fsp3) is 0.179. The molecule has 0 aliphatic carbocycles. The van der Waals surface area contributed by atoms with Crippen molar-refractivity contribution < 1.29 is 14.3 Å². The molecule has 0 radical (unpaired) electrons. The summed E-state index contributed by atoms with van der Waals surface area (Å²) >= 11 is 1.30. The Hall–Kier alpha value is -4.17. The number of para-hydroxylation sites is 1. The number of esters is 1. The summed E-state index contributed by atoms with van der Waals surface area (Å²) in [4.78, 5) is 35.2. The number of H-pyrrole nitrogens is 1. The van der Waals surface area contributed by atoms with Crippen molar-refractivity contribution in [1.82, 2.24) is 9.55 Å². The van der Waals surface area contributed by atoms with Crippen molar-refractivity contribution >= 4 is 34.3 Å². The van der Waals surface area contributed by atoms with Gasteiger partial charge in [-0.05, 0) is 43.7 Å². The number of carbonyl (C=O) groups excluding carboxylic acids is 1. The molecule has 1 aliphatic heterocycles. The van der Waals surface area contributed by atoms with Crippen LogP contribution in [0.4, 0.5) is 0 Å². The Morgan fingerprint density at radius 2 is 2.00 bits per heavy atom. The highest BCUT2D eigenvalue weighted by Gasteiger charge is 2.33. The van der Waals surface area contributed by atoms with Gasteiger partial charge in [0.15, 0.2) is 4.80 Å². The topological polar surface area (TPSA) is 85.7 Å². The molecule has 4 aromatic rings. The van der Waals surface area contributed by atoms with Crippen molar-refractivity contribution in [2.24, 2.45) is 4.99 Å². The maximum atomic E-state index is 13.8. The van der Waals surface area contributed by atoms with Gasteiger partial charge in [0.2, 0.25) is 0 Å². The average Bonchev–Trinajstić information content (AvgIpc) is 3.43. The number of thiazole rings is 1. The van der Waals surface area contributed by atoms with Crippen LogP contribution in [-0.4, -0.2) is 28.7 Å². The highest BCUT2D eigenvalue weighted by atomic mass is 32.1. The predicted octanol–water partition coefficient (Wildman–Crippen LogP) is 3.84. The number of aromatic nitrogens is 2. The number of ether oxygens (including phenoxy) is 2. The molecule has 8 heteroatoms. The molecule has 0 spiro atoms. The van der Waals surface area contributed by atoms with Gasteiger partial charge >= 0.3 is 5.97 Å². The zero-order valence-corrected chi connectivity index (χ0v) is 20.8. The summed E-state index contributed by atoms with van der Waals surface area (Å²) in [6.45, 7) is 7.81. The van der Waals surface area contributed by atoms with Gasteiger partial charge in [0, 0.05) is 22.7 Å². The molecule has 3 heterocycles. The SMILES string of the molecule is C=CCOc1ccc(C2C(C(=O)OCC)=C(C)N=c3s/c(=C\c4c[nH]c5ccccc45)c(=O)n32)cc1. The zero-order valence-electron chi connectivity index (χ0n) is 20.0. The summed E-state index contributed by atoms with van der Waals surface area (Å²) < 4.78 is 13.1. The summed E-state index contributed by atoms with van der Waals surface area (Å²) in [7, 11) is 0. The van der Waals surface area contributed by atoms with Gasteiger partial charge in [-0.15, -0.1) is 0 Å². The molecule has 182 valence electrons. The lowest BCUT2D eigenvalue weighted by Gasteiger charge is -2.24. The van der Waals surface area contributed by atoms with E-state index in [1.807, 2.05) is 60.8 Å². The zero-order chi connectivity index (χ0) is 25.2. The minimum absolute atomic E-state index is 0.213. The molecule has 0 fully saturated rings. The third kappa shape index (κ3) is 4.20. The van der Waals surface area contributed by atoms with Crippen molar-refractivity contribution in [1.29, 1.82) is 0 Å². The number of fused-ring (bicyclic) bond motifs is 2. The molecule has 1 unspecified atom stereocenters. The molecule has 7 nitrogen and oxygen atoms in total. The highest BCUT2D eigenvalue weighted by molar-refractivity contribution is 7.07. The van der Waals surface area contributed by atoms with Crippen LogP contribution in [0.25, 0.3) is 17.0 Å². The van der Waals surface area contributed by atoms with E-state index in [1.165, 1.54) is 11.3 Å². The Morgan fingerprint density at radius 1 is 1.22 bits per heavy atom. The van der Waals surface area contributed by atoms with Crippen LogP contribution >= 0.6 is 11.3 Å². The molecule has 2 aromatic carbocycles. The standard InChI is InChI=1S/C28H25N3O4S/c1-4-14-35-20-12-10-18(11-13-20)25-24(27(33)34-5-2)17(3)30-28-31(25)26(32)23(36-28)15-19-16-29-22-9-7-6-8-21(19)22/h4,6-13,15-16,25,29H,1,5,14H2,2-3H3/b23-15-. The van der Waals surface area contributed by atoms with E-state index in [9.17, 15) is 9.59 Å². The smallest absolute Gasteiger partial charge is 0.338 e. The first-order valence-electron chi connectivity index (χ1n) is 11.6. The van der Waals surface area contributed by atoms with E-state index in [1.54, 1.807) is 24.5 Å². The lowest BCUT2D eigenvalue weighted by molar-refractivity contribution is -0.139. The van der Waals surface area contributed by atoms with Crippen LogP contribution in [0.2, 0.25) is 0 Å². The van der Waals surface area contributed by atoms with Crippen LogP contribution in [-0.2, 0) is 9.53 Å². The number of allylic oxidation sites excluding steroid dienone is 1. The van der Waals surface area contributed by atoms with Gasteiger partial charge in [-0.25, -0.2) is 9.79 Å². The molecule has 0 bridgehead atoms. The quantitative estimate of drug-likeness (QED) is 0.309. The van der Waals surface area contributed by atoms with Crippen LogP contribution < -0.4 is 19.6 Å². The van der Waals surface area contributed by atoms with Crippen molar-refractivity contribution in [2.45, 2.75) is 19.9 Å². The van der Waals surface area contributed by atoms with E-state index in [0.717, 1.165) is 22.0 Å². The second-order valence-corrected chi connectivity index (χ2v) is 9.27. The molecule has 1 atom stereocenters. The molecule has 2 aromatic heterocycles. The third-order valence-electron chi connectivity index (χ3n) is 5.99. The number of hydrogen-bond donors (Lipinski definition) is 1. The van der Waals surface area contributed by atoms with Gasteiger partial charge in [-0.1, -0.05) is 54.3 Å². The van der Waals surface area contributed by atoms with Crippen molar-refractivity contribution in [2.75, 3.05) is 13.2 Å². The number of carbonyl (C=O) groups is 1. The highest BCUT2D eigenvalue weighted by Crippen LogP contribution is 2.31. The second-order valence-electron chi connectivity index (χ2n) is 8.26. The van der Waals surface area contributed by atoms with Gasteiger partial charge in [-0.2, -0.15) is 0 Å². The summed E-state index contributed by atoms with van der Waals surface area (Å²) in [5.74, 6) is 0.186. The molecule has 0 amide bonds. The minimum Gasteiger partial charge on any atom is -0.490 e. The van der Waals surface area contributed by atoms with Gasteiger partial charge in [0.25, 0.3) is 5.56 Å². The first kappa shape index (κ1) is 23.6. The fourth-order valence-corrected chi connectivity index (χ4v) is 5.40. The van der Waals surface area contributed by atoms with E-state index >= 15 is 0 Å². The molecule has 0 saturated heterocycles. The van der Waals surface area contributed by atoms with Gasteiger partial charge < -0.3 is 14.5 Å². The van der Waals surface area contributed by atoms with E-state index in [2.05, 4.69) is 16.6 Å². The van der Waals surface area contributed by atoms with Gasteiger partial charge in [-0.3, -0.25) is 9.36 Å². The largest absolute Gasteiger partial charge is 0.490 e. The van der Waals surface area contributed by atoms with E-state index < -0.39 is 12.0 Å². The number of nitrogens with one attached hydrogen (secondary N) is 1. The maximum absolute atomic E-state index is 13.8. The predicted molar refractivity (Wildman–Crippen MR) is 141 cm³/mol. The van der Waals surface area contributed by atoms with Crippen LogP contribution in [0.5, 0.6) is 5.75 Å². The normalized spacial score (nSPS) is 15.5. The van der Waals surface area contributed by atoms with Gasteiger partial charge in [0.05, 0.1) is 28.5 Å². The Bertz CT molecular complexity index is 1670. The minimum atomic E-state index is -0.668. The Labute approximate surface area is 211 Å². The third-order valence-corrected chi connectivity index (χ3v) is 6.97. The molecule has 0 saturated carbocycles. The first-order valence-corrected chi connectivity index (χ1v) is 12.4. The van der Waals surface area contributed by atoms with Crippen LogP contribution in [0.3, 0.4) is 0 Å². The van der Waals surface area contributed by atoms with Crippen molar-refractivity contribution in [3.05, 3.63) is 109 Å². The number of benzene rings is 2. The lowest BCUT2D eigenvalue weighted by Crippen LogP contribution is -2.39. The Balaban J connectivity index is 1.68. The van der Waals surface area contributed by atoms with E-state index in [0.29, 0.717) is 33.0 Å². The summed E-state index contributed by atoms with van der Waals surface area (Å²) in [6, 6.07) is 14.6. The summed E-state index contributed by atoms with van der Waals surface area (Å²) in [6.07, 6.45) is 5.43. The van der Waals surface area contributed by atoms with Crippen molar-refractivity contribution in [3.63, 3.8) is 0 Å².